The maximum absolute atomic E-state index is 12.7. The topological polar surface area (TPSA) is 55.6 Å². The van der Waals surface area contributed by atoms with Crippen LogP contribution in [0.5, 0.6) is 5.75 Å². The van der Waals surface area contributed by atoms with Gasteiger partial charge in [-0.05, 0) is 48.9 Å². The van der Waals surface area contributed by atoms with Crippen LogP contribution in [0.1, 0.15) is 24.1 Å². The van der Waals surface area contributed by atoms with Crippen molar-refractivity contribution < 1.29 is 22.7 Å². The van der Waals surface area contributed by atoms with Gasteiger partial charge in [0.15, 0.2) is 0 Å². The molecule has 1 saturated heterocycles. The molecule has 4 nitrogen and oxygen atoms in total. The number of carbonyl (C=O) groups excluding carboxylic acids is 1. The van der Waals surface area contributed by atoms with Gasteiger partial charge in [0, 0.05) is 5.69 Å². The predicted octanol–water partition coefficient (Wildman–Crippen LogP) is 3.52. The third kappa shape index (κ3) is 3.19. The highest BCUT2D eigenvalue weighted by molar-refractivity contribution is 6.05. The summed E-state index contributed by atoms with van der Waals surface area (Å²) in [6.07, 6.45) is -4.40. The van der Waals surface area contributed by atoms with E-state index in [1.165, 1.54) is 17.0 Å². The highest BCUT2D eigenvalue weighted by atomic mass is 19.4. The molecule has 1 aliphatic rings. The molecular weight excluding hydrogens is 333 g/mol. The first-order valence-electron chi connectivity index (χ1n) is 7.81. The van der Waals surface area contributed by atoms with Crippen molar-refractivity contribution >= 4 is 11.6 Å². The Hall–Kier alpha value is -2.54. The normalized spacial score (nSPS) is 20.4. The van der Waals surface area contributed by atoms with Gasteiger partial charge in [0.05, 0.1) is 18.2 Å². The number of alkyl halides is 3. The average Bonchev–Trinajstić information content (AvgIpc) is 2.59. The van der Waals surface area contributed by atoms with Gasteiger partial charge in [-0.2, -0.15) is 13.2 Å². The smallest absolute Gasteiger partial charge is 0.416 e. The minimum atomic E-state index is -4.40. The van der Waals surface area contributed by atoms with Crippen LogP contribution in [0.3, 0.4) is 0 Å². The standard InChI is InChI=1S/C18H17F3N2O2/c1-2-25-14-9-7-13(8-10-14)23-16(15(22)17(23)24)11-3-5-12(6-4-11)18(19,20)21/h3-10,15-16H,2,22H2,1H3/t15-,16-/m1/s1. The Morgan fingerprint density at radius 3 is 2.20 bits per heavy atom. The van der Waals surface area contributed by atoms with E-state index in [-0.39, 0.29) is 5.91 Å². The van der Waals surface area contributed by atoms with E-state index in [0.717, 1.165) is 12.1 Å². The minimum Gasteiger partial charge on any atom is -0.494 e. The summed E-state index contributed by atoms with van der Waals surface area (Å²) in [5, 5.41) is 0. The second-order valence-electron chi connectivity index (χ2n) is 5.73. The van der Waals surface area contributed by atoms with Crippen LogP contribution < -0.4 is 15.4 Å². The highest BCUT2D eigenvalue weighted by Crippen LogP contribution is 2.39. The van der Waals surface area contributed by atoms with Crippen molar-refractivity contribution in [3.8, 4) is 5.75 Å². The molecule has 0 aliphatic carbocycles. The van der Waals surface area contributed by atoms with Gasteiger partial charge in [-0.3, -0.25) is 4.79 Å². The van der Waals surface area contributed by atoms with E-state index in [4.69, 9.17) is 10.5 Å². The zero-order valence-electron chi connectivity index (χ0n) is 13.5. The van der Waals surface area contributed by atoms with Crippen LogP contribution >= 0.6 is 0 Å². The third-order valence-corrected chi connectivity index (χ3v) is 4.15. The largest absolute Gasteiger partial charge is 0.494 e. The number of rotatable bonds is 4. The van der Waals surface area contributed by atoms with Crippen LogP contribution in [0.25, 0.3) is 0 Å². The first kappa shape index (κ1) is 17.3. The molecule has 3 rings (SSSR count). The number of nitrogens with two attached hydrogens (primary N) is 1. The molecule has 0 spiro atoms. The molecule has 0 saturated carbocycles. The molecule has 2 aromatic carbocycles. The van der Waals surface area contributed by atoms with Gasteiger partial charge in [0.2, 0.25) is 5.91 Å². The molecule has 0 unspecified atom stereocenters. The Morgan fingerprint density at radius 1 is 1.08 bits per heavy atom. The van der Waals surface area contributed by atoms with Crippen molar-refractivity contribution in [1.29, 1.82) is 0 Å². The lowest BCUT2D eigenvalue weighted by molar-refractivity contribution is -0.137. The lowest BCUT2D eigenvalue weighted by Crippen LogP contribution is -2.63. The quantitative estimate of drug-likeness (QED) is 0.859. The van der Waals surface area contributed by atoms with Crippen LogP contribution in [-0.2, 0) is 11.0 Å². The Kier molecular flexibility index (Phi) is 4.43. The number of β-lactam (4-membered cyclic amide) rings is 1. The Morgan fingerprint density at radius 2 is 1.68 bits per heavy atom. The zero-order chi connectivity index (χ0) is 18.2. The lowest BCUT2D eigenvalue weighted by atomic mass is 9.88. The summed E-state index contributed by atoms with van der Waals surface area (Å²) in [6, 6.07) is 10.4. The van der Waals surface area contributed by atoms with E-state index >= 15 is 0 Å². The SMILES string of the molecule is CCOc1ccc(N2C(=O)[C@H](N)[C@H]2c2ccc(C(F)(F)F)cc2)cc1. The number of hydrogen-bond acceptors (Lipinski definition) is 3. The first-order valence-corrected chi connectivity index (χ1v) is 7.81. The van der Waals surface area contributed by atoms with E-state index in [1.807, 2.05) is 6.92 Å². The molecule has 0 aromatic heterocycles. The van der Waals surface area contributed by atoms with Gasteiger partial charge in [0.25, 0.3) is 0 Å². The minimum absolute atomic E-state index is 0.269. The van der Waals surface area contributed by atoms with Crippen molar-refractivity contribution in [2.24, 2.45) is 5.73 Å². The lowest BCUT2D eigenvalue weighted by Gasteiger charge is -2.45. The predicted molar refractivity (Wildman–Crippen MR) is 87.3 cm³/mol. The number of carbonyl (C=O) groups is 1. The molecule has 132 valence electrons. The second-order valence-corrected chi connectivity index (χ2v) is 5.73. The van der Waals surface area contributed by atoms with Gasteiger partial charge in [-0.1, -0.05) is 12.1 Å². The number of halogens is 3. The van der Waals surface area contributed by atoms with Crippen LogP contribution in [0, 0.1) is 0 Å². The number of hydrogen-bond donors (Lipinski definition) is 1. The average molecular weight is 350 g/mol. The molecule has 1 heterocycles. The molecule has 0 radical (unpaired) electrons. The Bertz CT molecular complexity index is 757. The van der Waals surface area contributed by atoms with Crippen molar-refractivity contribution in [2.45, 2.75) is 25.2 Å². The van der Waals surface area contributed by atoms with Crippen LogP contribution in [0.2, 0.25) is 0 Å². The summed E-state index contributed by atoms with van der Waals surface area (Å²) in [4.78, 5) is 13.7. The zero-order valence-corrected chi connectivity index (χ0v) is 13.5. The number of amides is 1. The number of ether oxygens (including phenoxy) is 1. The summed E-state index contributed by atoms with van der Waals surface area (Å²) in [5.74, 6) is 0.406. The maximum Gasteiger partial charge on any atom is 0.416 e. The summed E-state index contributed by atoms with van der Waals surface area (Å²) in [5.41, 5.74) is 6.35. The summed E-state index contributed by atoms with van der Waals surface area (Å²) >= 11 is 0. The van der Waals surface area contributed by atoms with E-state index in [9.17, 15) is 18.0 Å². The first-order chi connectivity index (χ1) is 11.8. The fraction of sp³-hybridized carbons (Fsp3) is 0.278. The van der Waals surface area contributed by atoms with Crippen LogP contribution in [0.4, 0.5) is 18.9 Å². The van der Waals surface area contributed by atoms with Crippen LogP contribution in [-0.4, -0.2) is 18.6 Å². The number of nitrogens with zero attached hydrogens (tertiary/aromatic N) is 1. The Balaban J connectivity index is 1.86. The molecule has 1 amide bonds. The molecule has 25 heavy (non-hydrogen) atoms. The maximum atomic E-state index is 12.7. The van der Waals surface area contributed by atoms with Gasteiger partial charge < -0.3 is 15.4 Å². The van der Waals surface area contributed by atoms with Crippen molar-refractivity contribution in [2.75, 3.05) is 11.5 Å². The molecule has 2 atom stereocenters. The molecule has 2 aromatic rings. The van der Waals surface area contributed by atoms with Gasteiger partial charge >= 0.3 is 6.18 Å². The highest BCUT2D eigenvalue weighted by Gasteiger charge is 2.46. The van der Waals surface area contributed by atoms with Crippen molar-refractivity contribution in [3.05, 3.63) is 59.7 Å². The molecule has 7 heteroatoms. The van der Waals surface area contributed by atoms with Crippen molar-refractivity contribution in [1.82, 2.24) is 0 Å². The van der Waals surface area contributed by atoms with Crippen LogP contribution in [0.15, 0.2) is 48.5 Å². The monoisotopic (exact) mass is 350 g/mol. The molecule has 0 bridgehead atoms. The van der Waals surface area contributed by atoms with Crippen molar-refractivity contribution in [3.63, 3.8) is 0 Å². The molecule has 1 fully saturated rings. The fourth-order valence-corrected chi connectivity index (χ4v) is 2.89. The second kappa shape index (κ2) is 6.40. The number of anilines is 1. The fourth-order valence-electron chi connectivity index (χ4n) is 2.89. The van der Waals surface area contributed by atoms with Gasteiger partial charge in [0.1, 0.15) is 11.8 Å². The number of benzene rings is 2. The van der Waals surface area contributed by atoms with Gasteiger partial charge in [-0.25, -0.2) is 0 Å². The van der Waals surface area contributed by atoms with E-state index in [1.54, 1.807) is 24.3 Å². The van der Waals surface area contributed by atoms with E-state index < -0.39 is 23.8 Å². The van der Waals surface area contributed by atoms with E-state index in [0.29, 0.717) is 23.6 Å². The van der Waals surface area contributed by atoms with E-state index in [2.05, 4.69) is 0 Å². The van der Waals surface area contributed by atoms with Gasteiger partial charge in [-0.15, -0.1) is 0 Å². The Labute approximate surface area is 143 Å². The third-order valence-electron chi connectivity index (χ3n) is 4.15. The molecule has 2 N–H and O–H groups in total. The summed E-state index contributed by atoms with van der Waals surface area (Å²) in [6.45, 7) is 2.40. The molecule has 1 aliphatic heterocycles. The summed E-state index contributed by atoms with van der Waals surface area (Å²) < 4.78 is 43.5. The molecular formula is C18H17F3N2O2. The summed E-state index contributed by atoms with van der Waals surface area (Å²) in [7, 11) is 0.